The Morgan fingerprint density at radius 3 is 2.67 bits per heavy atom. The number of piperidine rings is 1. The van der Waals surface area contributed by atoms with Crippen LogP contribution >= 0.6 is 22.9 Å². The van der Waals surface area contributed by atoms with Crippen LogP contribution in [0.2, 0.25) is 4.34 Å². The lowest BCUT2D eigenvalue weighted by atomic mass is 10.0. The lowest BCUT2D eigenvalue weighted by Gasteiger charge is -2.30. The number of carbonyl (C=O) groups excluding carboxylic acids is 1. The molecule has 0 unspecified atom stereocenters. The normalized spacial score (nSPS) is 17.7. The Hall–Kier alpha value is -2.27. The number of amides is 1. The van der Waals surface area contributed by atoms with Gasteiger partial charge in [0.05, 0.1) is 14.1 Å². The van der Waals surface area contributed by atoms with Gasteiger partial charge >= 0.3 is 6.01 Å². The van der Waals surface area contributed by atoms with Crippen LogP contribution in [0.5, 0.6) is 0 Å². The summed E-state index contributed by atoms with van der Waals surface area (Å²) in [6.45, 7) is 3.08. The van der Waals surface area contributed by atoms with Gasteiger partial charge in [0.2, 0.25) is 10.0 Å². The predicted molar refractivity (Wildman–Crippen MR) is 114 cm³/mol. The highest BCUT2D eigenvalue weighted by Crippen LogP contribution is 2.30. The lowest BCUT2D eigenvalue weighted by Crippen LogP contribution is -2.39. The molecule has 3 heterocycles. The molecule has 3 aromatic rings. The molecule has 158 valence electrons. The molecule has 0 aliphatic carbocycles. The van der Waals surface area contributed by atoms with Crippen molar-refractivity contribution in [2.24, 2.45) is 5.92 Å². The Morgan fingerprint density at radius 1 is 1.23 bits per heavy atom. The van der Waals surface area contributed by atoms with Gasteiger partial charge < -0.3 is 4.42 Å². The number of rotatable bonds is 5. The van der Waals surface area contributed by atoms with Crippen molar-refractivity contribution in [2.75, 3.05) is 18.4 Å². The average Bonchev–Trinajstić information content (AvgIpc) is 3.37. The van der Waals surface area contributed by atoms with Gasteiger partial charge in [-0.05, 0) is 55.2 Å². The van der Waals surface area contributed by atoms with Crippen molar-refractivity contribution in [1.82, 2.24) is 14.5 Å². The van der Waals surface area contributed by atoms with Crippen LogP contribution in [-0.4, -0.2) is 41.9 Å². The summed E-state index contributed by atoms with van der Waals surface area (Å²) in [6, 6.07) is 9.21. The van der Waals surface area contributed by atoms with E-state index in [9.17, 15) is 13.2 Å². The number of thiophene rings is 1. The first kappa shape index (κ1) is 21.0. The molecule has 4 rings (SSSR count). The van der Waals surface area contributed by atoms with Gasteiger partial charge in [0.25, 0.3) is 11.8 Å². The fraction of sp³-hybridized carbons (Fsp3) is 0.316. The van der Waals surface area contributed by atoms with Gasteiger partial charge in [0.1, 0.15) is 0 Å². The predicted octanol–water partition coefficient (Wildman–Crippen LogP) is 4.12. The largest absolute Gasteiger partial charge is 0.402 e. The molecule has 1 N–H and O–H groups in total. The number of nitrogens with one attached hydrogen (secondary N) is 1. The number of benzene rings is 1. The Morgan fingerprint density at radius 2 is 2.00 bits per heavy atom. The van der Waals surface area contributed by atoms with Crippen LogP contribution in [0.3, 0.4) is 0 Å². The van der Waals surface area contributed by atoms with Gasteiger partial charge in [-0.15, -0.1) is 16.4 Å². The lowest BCUT2D eigenvalue weighted by molar-refractivity contribution is 0.102. The summed E-state index contributed by atoms with van der Waals surface area (Å²) in [5.41, 5.74) is 0.278. The first-order valence-corrected chi connectivity index (χ1v) is 12.0. The van der Waals surface area contributed by atoms with E-state index in [1.807, 2.05) is 6.92 Å². The minimum absolute atomic E-state index is 0.0569. The number of aromatic nitrogens is 2. The molecule has 1 atom stereocenters. The second kappa shape index (κ2) is 8.46. The van der Waals surface area contributed by atoms with Crippen molar-refractivity contribution < 1.29 is 17.6 Å². The summed E-state index contributed by atoms with van der Waals surface area (Å²) in [5.74, 6) is 0.104. The molecule has 2 aromatic heterocycles. The molecular weight excluding hydrogens is 448 g/mol. The fourth-order valence-electron chi connectivity index (χ4n) is 3.26. The zero-order chi connectivity index (χ0) is 21.3. The second-order valence-corrected chi connectivity index (χ2v) is 10.8. The smallest absolute Gasteiger partial charge is 0.322 e. The van der Waals surface area contributed by atoms with Gasteiger partial charge in [-0.2, -0.15) is 4.31 Å². The summed E-state index contributed by atoms with van der Waals surface area (Å²) < 4.78 is 33.2. The van der Waals surface area contributed by atoms with Gasteiger partial charge in [0, 0.05) is 18.7 Å². The standard InChI is InChI=1S/C19H19ClN4O4S2/c1-12-3-2-10-24(11-12)30(26,27)14-6-4-13(5-7-14)17(25)21-19-23-22-18(28-19)15-8-9-16(20)29-15/h4-9,12H,2-3,10-11H2,1H3,(H,21,23,25)/t12-/m1/s1. The average molecular weight is 467 g/mol. The molecule has 30 heavy (non-hydrogen) atoms. The highest BCUT2D eigenvalue weighted by Gasteiger charge is 2.28. The molecule has 0 radical (unpaired) electrons. The highest BCUT2D eigenvalue weighted by atomic mass is 35.5. The topological polar surface area (TPSA) is 105 Å². The van der Waals surface area contributed by atoms with Crippen molar-refractivity contribution in [3.63, 3.8) is 0 Å². The Bertz CT molecular complexity index is 1160. The van der Waals surface area contributed by atoms with Crippen LogP contribution < -0.4 is 5.32 Å². The second-order valence-electron chi connectivity index (χ2n) is 7.11. The number of hydrogen-bond acceptors (Lipinski definition) is 7. The van der Waals surface area contributed by atoms with Crippen LogP contribution in [0.4, 0.5) is 6.01 Å². The third-order valence-electron chi connectivity index (χ3n) is 4.80. The van der Waals surface area contributed by atoms with E-state index in [0.717, 1.165) is 12.8 Å². The molecule has 1 aliphatic heterocycles. The third-order valence-corrected chi connectivity index (χ3v) is 7.90. The van der Waals surface area contributed by atoms with E-state index in [-0.39, 0.29) is 22.4 Å². The Kier molecular flexibility index (Phi) is 5.92. The molecule has 11 heteroatoms. The fourth-order valence-corrected chi connectivity index (χ4v) is 5.83. The molecule has 1 saturated heterocycles. The van der Waals surface area contributed by atoms with Gasteiger partial charge in [0.15, 0.2) is 0 Å². The molecular formula is C19H19ClN4O4S2. The van der Waals surface area contributed by atoms with E-state index in [2.05, 4.69) is 15.5 Å². The number of hydrogen-bond donors (Lipinski definition) is 1. The van der Waals surface area contributed by atoms with E-state index in [4.69, 9.17) is 16.0 Å². The van der Waals surface area contributed by atoms with Crippen molar-refractivity contribution in [3.05, 3.63) is 46.3 Å². The van der Waals surface area contributed by atoms with Gasteiger partial charge in [-0.25, -0.2) is 8.42 Å². The number of sulfonamides is 1. The van der Waals surface area contributed by atoms with Crippen molar-refractivity contribution in [2.45, 2.75) is 24.7 Å². The minimum atomic E-state index is -3.57. The molecule has 1 fully saturated rings. The Balaban J connectivity index is 1.45. The van der Waals surface area contributed by atoms with Crippen LogP contribution in [0.15, 0.2) is 45.7 Å². The summed E-state index contributed by atoms with van der Waals surface area (Å²) >= 11 is 7.18. The summed E-state index contributed by atoms with van der Waals surface area (Å²) in [4.78, 5) is 13.3. The third kappa shape index (κ3) is 4.41. The van der Waals surface area contributed by atoms with Gasteiger partial charge in [-0.1, -0.05) is 23.6 Å². The maximum absolute atomic E-state index is 12.8. The summed E-state index contributed by atoms with van der Waals surface area (Å²) in [7, 11) is -3.57. The quantitative estimate of drug-likeness (QED) is 0.606. The Labute approximate surface area is 182 Å². The van der Waals surface area contributed by atoms with Crippen LogP contribution in [0.1, 0.15) is 30.1 Å². The van der Waals surface area contributed by atoms with Crippen LogP contribution in [0.25, 0.3) is 10.8 Å². The highest BCUT2D eigenvalue weighted by molar-refractivity contribution is 7.89. The van der Waals surface area contributed by atoms with E-state index < -0.39 is 15.9 Å². The SMILES string of the molecule is C[C@@H]1CCCN(S(=O)(=O)c2ccc(C(=O)Nc3nnc(-c4ccc(Cl)s4)o3)cc2)C1. The van der Waals surface area contributed by atoms with Crippen LogP contribution in [-0.2, 0) is 10.0 Å². The van der Waals surface area contributed by atoms with E-state index >= 15 is 0 Å². The number of anilines is 1. The summed E-state index contributed by atoms with van der Waals surface area (Å²) in [6.07, 6.45) is 1.88. The van der Waals surface area contributed by atoms with Gasteiger partial charge in [-0.3, -0.25) is 10.1 Å². The molecule has 1 aromatic carbocycles. The molecule has 0 bridgehead atoms. The number of carbonyl (C=O) groups is 1. The van der Waals surface area contributed by atoms with Crippen molar-refractivity contribution in [3.8, 4) is 10.8 Å². The number of halogens is 1. The van der Waals surface area contributed by atoms with E-state index in [0.29, 0.717) is 28.2 Å². The van der Waals surface area contributed by atoms with Crippen molar-refractivity contribution in [1.29, 1.82) is 0 Å². The summed E-state index contributed by atoms with van der Waals surface area (Å²) in [5, 5.41) is 10.2. The maximum atomic E-state index is 12.8. The zero-order valence-electron chi connectivity index (χ0n) is 16.0. The first-order valence-electron chi connectivity index (χ1n) is 9.34. The molecule has 8 nitrogen and oxygen atoms in total. The molecule has 1 amide bonds. The number of nitrogens with zero attached hydrogens (tertiary/aromatic N) is 3. The van der Waals surface area contributed by atoms with E-state index in [1.54, 1.807) is 12.1 Å². The maximum Gasteiger partial charge on any atom is 0.322 e. The zero-order valence-corrected chi connectivity index (χ0v) is 18.4. The molecule has 1 aliphatic rings. The molecule has 0 spiro atoms. The van der Waals surface area contributed by atoms with Crippen molar-refractivity contribution >= 4 is 44.9 Å². The minimum Gasteiger partial charge on any atom is -0.402 e. The monoisotopic (exact) mass is 466 g/mol. The van der Waals surface area contributed by atoms with E-state index in [1.165, 1.54) is 39.9 Å². The first-order chi connectivity index (χ1) is 14.3. The van der Waals surface area contributed by atoms with Crippen LogP contribution in [0, 0.1) is 5.92 Å². The molecule has 0 saturated carbocycles.